The van der Waals surface area contributed by atoms with Gasteiger partial charge in [-0.1, -0.05) is 56.2 Å². The number of carbonyl (C=O) groups excluding carboxylic acids is 1. The van der Waals surface area contributed by atoms with Gasteiger partial charge in [0.2, 0.25) is 0 Å². The van der Waals surface area contributed by atoms with E-state index in [1.807, 2.05) is 12.1 Å². The summed E-state index contributed by atoms with van der Waals surface area (Å²) in [5.74, 6) is -2.14. The first kappa shape index (κ1) is 29.5. The number of hydrogen-bond acceptors (Lipinski definition) is 3. The highest BCUT2D eigenvalue weighted by atomic mass is 19.4. The molecule has 0 heterocycles. The molecular formula is C31H30F6O3. The molecule has 0 aliphatic heterocycles. The van der Waals surface area contributed by atoms with Crippen molar-refractivity contribution in [3.05, 3.63) is 82.9 Å². The summed E-state index contributed by atoms with van der Waals surface area (Å²) in [6.45, 7) is 2.22. The van der Waals surface area contributed by atoms with Crippen LogP contribution in [-0.2, 0) is 12.4 Å². The number of halogens is 6. The average molecular weight is 565 g/mol. The van der Waals surface area contributed by atoms with Gasteiger partial charge in [0, 0.05) is 0 Å². The molecule has 0 unspecified atom stereocenters. The lowest BCUT2D eigenvalue weighted by molar-refractivity contribution is -0.163. The fourth-order valence-corrected chi connectivity index (χ4v) is 5.48. The largest absolute Gasteiger partial charge is 0.496 e. The van der Waals surface area contributed by atoms with Crippen LogP contribution in [0.15, 0.2) is 60.7 Å². The summed E-state index contributed by atoms with van der Waals surface area (Å²) in [4.78, 5) is 12.6. The van der Waals surface area contributed by atoms with Crippen LogP contribution in [0.25, 0.3) is 11.1 Å². The van der Waals surface area contributed by atoms with Crippen molar-refractivity contribution in [1.29, 1.82) is 0 Å². The first-order valence-corrected chi connectivity index (χ1v) is 13.2. The molecule has 0 bridgehead atoms. The predicted molar refractivity (Wildman–Crippen MR) is 139 cm³/mol. The summed E-state index contributed by atoms with van der Waals surface area (Å²) in [6.07, 6.45) is -3.51. The monoisotopic (exact) mass is 564 g/mol. The maximum Gasteiger partial charge on any atom is 0.420 e. The Balaban J connectivity index is 1.50. The van der Waals surface area contributed by atoms with Gasteiger partial charge in [-0.15, -0.1) is 0 Å². The number of carbonyl (C=O) groups is 1. The number of methoxy groups -OCH3 is 1. The molecular weight excluding hydrogens is 534 g/mol. The number of hydrogen-bond donors (Lipinski definition) is 0. The molecule has 0 saturated heterocycles. The molecule has 3 aromatic rings. The lowest BCUT2D eigenvalue weighted by Gasteiger charge is -2.28. The van der Waals surface area contributed by atoms with E-state index in [4.69, 9.17) is 4.74 Å². The van der Waals surface area contributed by atoms with Crippen LogP contribution in [-0.4, -0.2) is 13.1 Å². The summed E-state index contributed by atoms with van der Waals surface area (Å²) < 4.78 is 91.0. The van der Waals surface area contributed by atoms with Crippen molar-refractivity contribution in [1.82, 2.24) is 0 Å². The molecule has 4 rings (SSSR count). The van der Waals surface area contributed by atoms with Gasteiger partial charge >= 0.3 is 18.3 Å². The molecule has 1 aliphatic rings. The number of benzene rings is 3. The topological polar surface area (TPSA) is 35.5 Å². The highest BCUT2D eigenvalue weighted by molar-refractivity contribution is 5.92. The van der Waals surface area contributed by atoms with E-state index in [1.165, 1.54) is 56.2 Å². The van der Waals surface area contributed by atoms with Crippen LogP contribution in [0.1, 0.15) is 78.4 Å². The Morgan fingerprint density at radius 2 is 1.25 bits per heavy atom. The molecule has 1 aliphatic carbocycles. The van der Waals surface area contributed by atoms with Gasteiger partial charge in [-0.05, 0) is 78.5 Å². The van der Waals surface area contributed by atoms with Gasteiger partial charge in [-0.3, -0.25) is 0 Å². The third-order valence-corrected chi connectivity index (χ3v) is 7.50. The van der Waals surface area contributed by atoms with E-state index in [0.717, 1.165) is 24.2 Å². The van der Waals surface area contributed by atoms with Gasteiger partial charge in [-0.25, -0.2) is 4.79 Å². The van der Waals surface area contributed by atoms with Crippen LogP contribution in [0.5, 0.6) is 11.5 Å². The van der Waals surface area contributed by atoms with Crippen LogP contribution >= 0.6 is 0 Å². The van der Waals surface area contributed by atoms with E-state index in [9.17, 15) is 31.1 Å². The minimum Gasteiger partial charge on any atom is -0.496 e. The minimum absolute atomic E-state index is 0.110. The van der Waals surface area contributed by atoms with Crippen LogP contribution in [0, 0.1) is 5.92 Å². The Hall–Kier alpha value is -3.49. The van der Waals surface area contributed by atoms with E-state index in [1.54, 1.807) is 12.1 Å². The molecule has 0 atom stereocenters. The zero-order chi connectivity index (χ0) is 29.1. The van der Waals surface area contributed by atoms with E-state index in [2.05, 4.69) is 23.8 Å². The van der Waals surface area contributed by atoms with Crippen LogP contribution in [0.4, 0.5) is 26.3 Å². The third-order valence-electron chi connectivity index (χ3n) is 7.50. The summed E-state index contributed by atoms with van der Waals surface area (Å²) >= 11 is 0. The molecule has 40 heavy (non-hydrogen) atoms. The quantitative estimate of drug-likeness (QED) is 0.163. The molecule has 9 heteroatoms. The maximum atomic E-state index is 13.7. The second-order valence-corrected chi connectivity index (χ2v) is 10.1. The fraction of sp³-hybridized carbons (Fsp3) is 0.387. The summed E-state index contributed by atoms with van der Waals surface area (Å²) in [6, 6.07) is 15.5. The molecule has 0 aromatic heterocycles. The highest BCUT2D eigenvalue weighted by Gasteiger charge is 2.48. The van der Waals surface area contributed by atoms with Crippen LogP contribution < -0.4 is 9.47 Å². The van der Waals surface area contributed by atoms with Crippen molar-refractivity contribution < 1.29 is 40.6 Å². The van der Waals surface area contributed by atoms with Gasteiger partial charge in [0.15, 0.2) is 0 Å². The second kappa shape index (κ2) is 11.9. The number of ether oxygens (including phenoxy) is 2. The third kappa shape index (κ3) is 6.62. The van der Waals surface area contributed by atoms with Gasteiger partial charge in [0.1, 0.15) is 22.6 Å². The Morgan fingerprint density at radius 1 is 0.750 bits per heavy atom. The summed E-state index contributed by atoms with van der Waals surface area (Å²) in [5, 5.41) is 0. The lowest BCUT2D eigenvalue weighted by Crippen LogP contribution is -2.21. The molecule has 3 aromatic carbocycles. The van der Waals surface area contributed by atoms with Crippen LogP contribution in [0.2, 0.25) is 0 Å². The Labute approximate surface area is 229 Å². The SMILES string of the molecule is CCCC1CCC(c2ccc(-c3ccc(C(=O)Oc4ccc(OC)c(C(F)(F)F)c4C(F)(F)F)cc3)cc2)CC1. The van der Waals surface area contributed by atoms with Crippen molar-refractivity contribution in [2.24, 2.45) is 5.92 Å². The van der Waals surface area contributed by atoms with E-state index in [-0.39, 0.29) is 5.56 Å². The summed E-state index contributed by atoms with van der Waals surface area (Å²) in [7, 11) is 0.824. The zero-order valence-corrected chi connectivity index (χ0v) is 22.2. The number of esters is 1. The first-order valence-electron chi connectivity index (χ1n) is 13.2. The van der Waals surface area contributed by atoms with Crippen molar-refractivity contribution in [3.63, 3.8) is 0 Å². The van der Waals surface area contributed by atoms with E-state index < -0.39 is 40.9 Å². The Kier molecular flexibility index (Phi) is 8.80. The van der Waals surface area contributed by atoms with E-state index in [0.29, 0.717) is 18.1 Å². The lowest BCUT2D eigenvalue weighted by atomic mass is 9.77. The van der Waals surface area contributed by atoms with Gasteiger partial charge in [0.25, 0.3) is 0 Å². The summed E-state index contributed by atoms with van der Waals surface area (Å²) in [5.41, 5.74) is -1.33. The Morgan fingerprint density at radius 3 is 1.75 bits per heavy atom. The molecule has 1 saturated carbocycles. The molecule has 0 N–H and O–H groups in total. The van der Waals surface area contributed by atoms with Crippen LogP contribution in [0.3, 0.4) is 0 Å². The highest BCUT2D eigenvalue weighted by Crippen LogP contribution is 2.49. The van der Waals surface area contributed by atoms with E-state index >= 15 is 0 Å². The number of rotatable bonds is 7. The van der Waals surface area contributed by atoms with Gasteiger partial charge < -0.3 is 9.47 Å². The van der Waals surface area contributed by atoms with Crippen molar-refractivity contribution in [3.8, 4) is 22.6 Å². The van der Waals surface area contributed by atoms with Gasteiger partial charge in [-0.2, -0.15) is 26.3 Å². The Bertz CT molecular complexity index is 1300. The minimum atomic E-state index is -5.46. The zero-order valence-electron chi connectivity index (χ0n) is 22.2. The second-order valence-electron chi connectivity index (χ2n) is 10.1. The fourth-order valence-electron chi connectivity index (χ4n) is 5.48. The standard InChI is InChI=1S/C31H30F6O3/c1-3-4-19-5-7-20(8-6-19)21-9-11-22(12-10-21)23-13-15-24(16-14-23)29(38)40-26-18-17-25(39-2)27(30(32,33)34)28(26)31(35,36)37/h9-20H,3-8H2,1-2H3. The maximum absolute atomic E-state index is 13.7. The molecule has 0 amide bonds. The molecule has 214 valence electrons. The average Bonchev–Trinajstić information content (AvgIpc) is 2.92. The molecule has 0 radical (unpaired) electrons. The smallest absolute Gasteiger partial charge is 0.420 e. The first-order chi connectivity index (χ1) is 18.9. The number of alkyl halides is 6. The van der Waals surface area contributed by atoms with Crippen molar-refractivity contribution in [2.75, 3.05) is 7.11 Å². The molecule has 3 nitrogen and oxygen atoms in total. The van der Waals surface area contributed by atoms with Crippen molar-refractivity contribution >= 4 is 5.97 Å². The van der Waals surface area contributed by atoms with Gasteiger partial charge in [0.05, 0.1) is 12.7 Å². The predicted octanol–water partition coefficient (Wildman–Crippen LogP) is 9.69. The van der Waals surface area contributed by atoms with Crippen molar-refractivity contribution in [2.45, 2.75) is 63.7 Å². The molecule has 1 fully saturated rings. The normalized spacial score (nSPS) is 17.9. The molecule has 0 spiro atoms.